The summed E-state index contributed by atoms with van der Waals surface area (Å²) in [5, 5.41) is 0. The zero-order valence-corrected chi connectivity index (χ0v) is 9.04. The molecule has 0 amide bonds. The molecule has 1 aliphatic rings. The van der Waals surface area contributed by atoms with Crippen molar-refractivity contribution in [2.24, 2.45) is 0 Å². The molecule has 1 fully saturated rings. The number of hydrogen-bond acceptors (Lipinski definition) is 1. The lowest BCUT2D eigenvalue weighted by molar-refractivity contribution is 0.104. The van der Waals surface area contributed by atoms with E-state index in [1.807, 2.05) is 12.1 Å². The van der Waals surface area contributed by atoms with Crippen molar-refractivity contribution in [3.8, 4) is 0 Å². The van der Waals surface area contributed by atoms with E-state index < -0.39 is 0 Å². The van der Waals surface area contributed by atoms with Gasteiger partial charge < -0.3 is 0 Å². The highest BCUT2D eigenvalue weighted by molar-refractivity contribution is 5.99. The molecule has 1 aromatic carbocycles. The molecule has 0 unspecified atom stereocenters. The lowest BCUT2D eigenvalue weighted by Crippen LogP contribution is -2.04. The fraction of sp³-hybridized carbons (Fsp3) is 0.429. The molecule has 79 valence electrons. The van der Waals surface area contributed by atoms with Gasteiger partial charge >= 0.3 is 0 Å². The van der Waals surface area contributed by atoms with Crippen LogP contribution in [0.25, 0.3) is 0 Å². The highest BCUT2D eigenvalue weighted by atomic mass is 16.1. The van der Waals surface area contributed by atoms with E-state index in [9.17, 15) is 4.79 Å². The fourth-order valence-corrected chi connectivity index (χ4v) is 2.38. The van der Waals surface area contributed by atoms with Crippen LogP contribution >= 0.6 is 0 Å². The molecule has 0 aliphatic heterocycles. The maximum atomic E-state index is 11.0. The first-order valence-electron chi connectivity index (χ1n) is 5.73. The molecular weight excluding hydrogens is 184 g/mol. The Bertz CT molecular complexity index is 331. The van der Waals surface area contributed by atoms with Crippen LogP contribution in [0, 0.1) is 6.92 Å². The molecule has 2 rings (SSSR count). The molecule has 1 heteroatoms. The summed E-state index contributed by atoms with van der Waals surface area (Å²) in [6.45, 7) is 3.41. The van der Waals surface area contributed by atoms with Crippen LogP contribution in [0.2, 0.25) is 0 Å². The van der Waals surface area contributed by atoms with Crippen molar-refractivity contribution in [3.05, 3.63) is 42.3 Å². The maximum absolute atomic E-state index is 11.0. The molecule has 1 aromatic rings. The molecule has 1 radical (unpaired) electrons. The Morgan fingerprint density at radius 2 is 1.67 bits per heavy atom. The van der Waals surface area contributed by atoms with Gasteiger partial charge in [0.2, 0.25) is 0 Å². The van der Waals surface area contributed by atoms with Crippen LogP contribution in [0.3, 0.4) is 0 Å². The normalized spacial score (nSPS) is 17.7. The van der Waals surface area contributed by atoms with E-state index >= 15 is 0 Å². The standard InChI is InChI=1S/C14H17O/c1-11(15)12-7-9-14(10-8-12)13-5-3-2-4-6-13/h7-10,13H,1-6H2. The largest absolute Gasteiger partial charge is 0.294 e. The molecule has 0 N–H and O–H groups in total. The van der Waals surface area contributed by atoms with Crippen molar-refractivity contribution < 1.29 is 4.79 Å². The van der Waals surface area contributed by atoms with Gasteiger partial charge in [-0.2, -0.15) is 0 Å². The van der Waals surface area contributed by atoms with Gasteiger partial charge in [-0.15, -0.1) is 0 Å². The summed E-state index contributed by atoms with van der Waals surface area (Å²) in [5.74, 6) is 0.623. The van der Waals surface area contributed by atoms with E-state index in [4.69, 9.17) is 0 Å². The lowest BCUT2D eigenvalue weighted by atomic mass is 9.84. The highest BCUT2D eigenvalue weighted by Crippen LogP contribution is 2.32. The van der Waals surface area contributed by atoms with Crippen LogP contribution in [0.4, 0.5) is 0 Å². The van der Waals surface area contributed by atoms with E-state index in [0.29, 0.717) is 5.92 Å². The molecule has 0 bridgehead atoms. The van der Waals surface area contributed by atoms with Crippen molar-refractivity contribution in [1.82, 2.24) is 0 Å². The Kier molecular flexibility index (Phi) is 3.20. The number of hydrogen-bond donors (Lipinski definition) is 0. The minimum absolute atomic E-state index is 0.0924. The molecule has 0 spiro atoms. The third-order valence-electron chi connectivity index (χ3n) is 3.31. The van der Waals surface area contributed by atoms with Crippen molar-refractivity contribution >= 4 is 5.78 Å². The third-order valence-corrected chi connectivity index (χ3v) is 3.31. The average molecular weight is 201 g/mol. The molecule has 0 aromatic heterocycles. The third kappa shape index (κ3) is 2.47. The van der Waals surface area contributed by atoms with Gasteiger partial charge in [-0.25, -0.2) is 0 Å². The van der Waals surface area contributed by atoms with Crippen LogP contribution in [-0.2, 0) is 0 Å². The second-order valence-corrected chi connectivity index (χ2v) is 4.38. The zero-order chi connectivity index (χ0) is 10.7. The van der Waals surface area contributed by atoms with E-state index in [0.717, 1.165) is 5.56 Å². The van der Waals surface area contributed by atoms with Crippen molar-refractivity contribution in [1.29, 1.82) is 0 Å². The van der Waals surface area contributed by atoms with E-state index in [1.165, 1.54) is 37.7 Å². The smallest absolute Gasteiger partial charge is 0.163 e. The molecule has 1 nitrogen and oxygen atoms in total. The number of benzene rings is 1. The lowest BCUT2D eigenvalue weighted by Gasteiger charge is -2.21. The van der Waals surface area contributed by atoms with Crippen molar-refractivity contribution in [3.63, 3.8) is 0 Å². The summed E-state index contributed by atoms with van der Waals surface area (Å²) in [6.07, 6.45) is 6.68. The number of carbonyl (C=O) groups is 1. The minimum Gasteiger partial charge on any atom is -0.294 e. The van der Waals surface area contributed by atoms with E-state index in [1.54, 1.807) is 0 Å². The Labute approximate surface area is 91.5 Å². The van der Waals surface area contributed by atoms with Gasteiger partial charge in [-0.05, 0) is 24.3 Å². The molecule has 1 saturated carbocycles. The van der Waals surface area contributed by atoms with E-state index in [-0.39, 0.29) is 5.78 Å². The molecule has 0 atom stereocenters. The summed E-state index contributed by atoms with van der Waals surface area (Å²) in [4.78, 5) is 11.0. The average Bonchev–Trinajstić information content (AvgIpc) is 2.30. The van der Waals surface area contributed by atoms with Gasteiger partial charge in [0.1, 0.15) is 0 Å². The summed E-state index contributed by atoms with van der Waals surface area (Å²) in [6, 6.07) is 7.99. The van der Waals surface area contributed by atoms with Gasteiger partial charge in [0, 0.05) is 12.5 Å². The minimum atomic E-state index is -0.0924. The van der Waals surface area contributed by atoms with Crippen LogP contribution < -0.4 is 0 Å². The quantitative estimate of drug-likeness (QED) is 0.666. The molecular formula is C14H17O. The summed E-state index contributed by atoms with van der Waals surface area (Å²) >= 11 is 0. The summed E-state index contributed by atoms with van der Waals surface area (Å²) in [7, 11) is 0. The second kappa shape index (κ2) is 4.61. The topological polar surface area (TPSA) is 17.1 Å². The first kappa shape index (κ1) is 10.4. The van der Waals surface area contributed by atoms with Gasteiger partial charge in [-0.3, -0.25) is 4.79 Å². The monoisotopic (exact) mass is 201 g/mol. The van der Waals surface area contributed by atoms with Crippen LogP contribution in [0.1, 0.15) is 53.9 Å². The molecule has 15 heavy (non-hydrogen) atoms. The summed E-state index contributed by atoms with van der Waals surface area (Å²) in [5.41, 5.74) is 2.11. The SMILES string of the molecule is [CH2]C(=O)c1ccc(C2CCCCC2)cc1. The van der Waals surface area contributed by atoms with Gasteiger partial charge in [0.05, 0.1) is 0 Å². The second-order valence-electron chi connectivity index (χ2n) is 4.38. The Balaban J connectivity index is 2.11. The number of ketones is 1. The van der Waals surface area contributed by atoms with Gasteiger partial charge in [-0.1, -0.05) is 43.5 Å². The van der Waals surface area contributed by atoms with Crippen LogP contribution in [-0.4, -0.2) is 5.78 Å². The predicted octanol–water partition coefficient (Wildman–Crippen LogP) is 3.75. The number of carbonyl (C=O) groups excluding carboxylic acids is 1. The maximum Gasteiger partial charge on any atom is 0.163 e. The Hall–Kier alpha value is -1.11. The Morgan fingerprint density at radius 1 is 1.07 bits per heavy atom. The van der Waals surface area contributed by atoms with Crippen LogP contribution in [0.15, 0.2) is 24.3 Å². The number of Topliss-reactive ketones (excluding diaryl/α,β-unsaturated/α-hetero) is 1. The zero-order valence-electron chi connectivity index (χ0n) is 9.04. The Morgan fingerprint density at radius 3 is 2.20 bits per heavy atom. The van der Waals surface area contributed by atoms with Crippen LogP contribution in [0.5, 0.6) is 0 Å². The van der Waals surface area contributed by atoms with Crippen molar-refractivity contribution in [2.45, 2.75) is 38.0 Å². The first-order chi connectivity index (χ1) is 7.27. The van der Waals surface area contributed by atoms with Gasteiger partial charge in [0.15, 0.2) is 5.78 Å². The van der Waals surface area contributed by atoms with Gasteiger partial charge in [0.25, 0.3) is 0 Å². The molecule has 0 heterocycles. The molecule has 0 saturated heterocycles. The van der Waals surface area contributed by atoms with Crippen molar-refractivity contribution in [2.75, 3.05) is 0 Å². The highest BCUT2D eigenvalue weighted by Gasteiger charge is 2.15. The van der Waals surface area contributed by atoms with E-state index in [2.05, 4.69) is 19.1 Å². The predicted molar refractivity (Wildman–Crippen MR) is 62.0 cm³/mol. The first-order valence-corrected chi connectivity index (χ1v) is 5.73. The summed E-state index contributed by atoms with van der Waals surface area (Å²) < 4.78 is 0. The number of rotatable bonds is 2. The molecule has 1 aliphatic carbocycles. The fourth-order valence-electron chi connectivity index (χ4n) is 2.38.